The van der Waals surface area contributed by atoms with Crippen molar-refractivity contribution in [3.05, 3.63) is 18.0 Å². The summed E-state index contributed by atoms with van der Waals surface area (Å²) < 4.78 is 0. The molecular weight excluding hydrogens is 250 g/mol. The Balaban J connectivity index is 1.92. The molecule has 20 heavy (non-hydrogen) atoms. The van der Waals surface area contributed by atoms with Crippen molar-refractivity contribution in [1.29, 1.82) is 0 Å². The van der Waals surface area contributed by atoms with Gasteiger partial charge in [0.15, 0.2) is 0 Å². The van der Waals surface area contributed by atoms with Crippen LogP contribution in [0.1, 0.15) is 19.5 Å². The Bertz CT molecular complexity index is 412. The molecule has 1 aromatic rings. The van der Waals surface area contributed by atoms with E-state index in [9.17, 15) is 0 Å². The molecule has 1 saturated heterocycles. The second-order valence-corrected chi connectivity index (χ2v) is 6.05. The van der Waals surface area contributed by atoms with E-state index in [-0.39, 0.29) is 0 Å². The average Bonchev–Trinajstić information content (AvgIpc) is 2.41. The van der Waals surface area contributed by atoms with Crippen LogP contribution in [0.5, 0.6) is 0 Å². The molecule has 0 aromatic carbocycles. The van der Waals surface area contributed by atoms with Gasteiger partial charge in [0.25, 0.3) is 0 Å². The fraction of sp³-hybridized carbons (Fsp3) is 0.733. The van der Waals surface area contributed by atoms with E-state index in [0.717, 1.165) is 44.4 Å². The monoisotopic (exact) mass is 277 g/mol. The van der Waals surface area contributed by atoms with Gasteiger partial charge in [0.1, 0.15) is 0 Å². The Hall–Kier alpha value is -1.20. The summed E-state index contributed by atoms with van der Waals surface area (Å²) in [5.41, 5.74) is 1.00. The van der Waals surface area contributed by atoms with Crippen LogP contribution in [-0.2, 0) is 0 Å². The summed E-state index contributed by atoms with van der Waals surface area (Å²) in [6.45, 7) is 12.1. The molecule has 1 aliphatic rings. The van der Waals surface area contributed by atoms with Crippen LogP contribution in [0.2, 0.25) is 0 Å². The highest BCUT2D eigenvalue weighted by Gasteiger charge is 2.24. The van der Waals surface area contributed by atoms with Crippen molar-refractivity contribution >= 4 is 5.95 Å². The van der Waals surface area contributed by atoms with Crippen LogP contribution in [0.4, 0.5) is 5.95 Å². The molecule has 1 aliphatic heterocycles. The van der Waals surface area contributed by atoms with Crippen molar-refractivity contribution < 1.29 is 0 Å². The van der Waals surface area contributed by atoms with Crippen LogP contribution < -0.4 is 5.32 Å². The van der Waals surface area contributed by atoms with Crippen LogP contribution in [0.15, 0.2) is 12.3 Å². The van der Waals surface area contributed by atoms with Gasteiger partial charge in [0.2, 0.25) is 5.95 Å². The number of nitrogens with one attached hydrogen (secondary N) is 1. The van der Waals surface area contributed by atoms with E-state index in [1.54, 1.807) is 0 Å². The van der Waals surface area contributed by atoms with E-state index < -0.39 is 0 Å². The van der Waals surface area contributed by atoms with E-state index in [4.69, 9.17) is 0 Å². The molecule has 1 aromatic heterocycles. The summed E-state index contributed by atoms with van der Waals surface area (Å²) >= 11 is 0. The second kappa shape index (κ2) is 6.99. The first-order valence-corrected chi connectivity index (χ1v) is 7.52. The maximum atomic E-state index is 4.41. The van der Waals surface area contributed by atoms with E-state index in [0.29, 0.717) is 12.0 Å². The molecule has 2 rings (SSSR count). The van der Waals surface area contributed by atoms with Gasteiger partial charge >= 0.3 is 0 Å². The number of aromatic nitrogens is 2. The van der Waals surface area contributed by atoms with Gasteiger partial charge in [0.05, 0.1) is 0 Å². The summed E-state index contributed by atoms with van der Waals surface area (Å²) in [5.74, 6) is 1.36. The van der Waals surface area contributed by atoms with Gasteiger partial charge in [-0.1, -0.05) is 13.8 Å². The molecule has 1 unspecified atom stereocenters. The normalized spacial score (nSPS) is 19.2. The largest absolute Gasteiger partial charge is 0.353 e. The van der Waals surface area contributed by atoms with E-state index >= 15 is 0 Å². The minimum Gasteiger partial charge on any atom is -0.353 e. The maximum Gasteiger partial charge on any atom is 0.222 e. The van der Waals surface area contributed by atoms with Gasteiger partial charge in [-0.2, -0.15) is 0 Å². The Kier molecular flexibility index (Phi) is 5.31. The van der Waals surface area contributed by atoms with Gasteiger partial charge < -0.3 is 10.2 Å². The fourth-order valence-corrected chi connectivity index (χ4v) is 2.67. The molecule has 0 amide bonds. The van der Waals surface area contributed by atoms with Gasteiger partial charge in [-0.15, -0.1) is 0 Å². The lowest BCUT2D eigenvalue weighted by Gasteiger charge is -2.39. The molecule has 1 fully saturated rings. The number of hydrogen-bond acceptors (Lipinski definition) is 5. The standard InChI is InChI=1S/C15H27N5/c1-12(2)14(20-9-7-19(4)8-10-20)11-17-15-16-6-5-13(3)18-15/h5-6,12,14H,7-11H2,1-4H3,(H,16,17,18). The number of nitrogens with zero attached hydrogens (tertiary/aromatic N) is 4. The van der Waals surface area contributed by atoms with Crippen LogP contribution in [-0.4, -0.2) is 65.6 Å². The van der Waals surface area contributed by atoms with E-state index in [1.807, 2.05) is 19.2 Å². The number of anilines is 1. The third-order valence-electron chi connectivity index (χ3n) is 4.04. The molecule has 5 heteroatoms. The first-order chi connectivity index (χ1) is 9.56. The molecule has 5 nitrogen and oxygen atoms in total. The lowest BCUT2D eigenvalue weighted by Crippen LogP contribution is -2.52. The fourth-order valence-electron chi connectivity index (χ4n) is 2.67. The van der Waals surface area contributed by atoms with E-state index in [2.05, 4.69) is 46.0 Å². The van der Waals surface area contributed by atoms with Gasteiger partial charge in [0, 0.05) is 50.7 Å². The first-order valence-electron chi connectivity index (χ1n) is 7.52. The molecule has 1 atom stereocenters. The Labute approximate surface area is 122 Å². The highest BCUT2D eigenvalue weighted by molar-refractivity contribution is 5.25. The van der Waals surface area contributed by atoms with Crippen molar-refractivity contribution in [2.24, 2.45) is 5.92 Å². The Morgan fingerprint density at radius 1 is 1.25 bits per heavy atom. The summed E-state index contributed by atoms with van der Waals surface area (Å²) in [7, 11) is 2.19. The SMILES string of the molecule is Cc1ccnc(NCC(C(C)C)N2CCN(C)CC2)n1. The predicted molar refractivity (Wildman–Crippen MR) is 83.0 cm³/mol. The zero-order valence-electron chi connectivity index (χ0n) is 13.1. The van der Waals surface area contributed by atoms with Crippen molar-refractivity contribution in [2.45, 2.75) is 26.8 Å². The van der Waals surface area contributed by atoms with Crippen LogP contribution in [0, 0.1) is 12.8 Å². The number of likely N-dealkylation sites (N-methyl/N-ethyl adjacent to an activating group) is 1. The molecule has 112 valence electrons. The lowest BCUT2D eigenvalue weighted by molar-refractivity contribution is 0.0943. The van der Waals surface area contributed by atoms with Crippen molar-refractivity contribution in [3.8, 4) is 0 Å². The summed E-state index contributed by atoms with van der Waals surface area (Å²) in [4.78, 5) is 13.7. The molecule has 0 spiro atoms. The van der Waals surface area contributed by atoms with Crippen LogP contribution >= 0.6 is 0 Å². The zero-order valence-corrected chi connectivity index (χ0v) is 13.1. The van der Waals surface area contributed by atoms with Gasteiger partial charge in [-0.25, -0.2) is 9.97 Å². The Morgan fingerprint density at radius 2 is 1.95 bits per heavy atom. The highest BCUT2D eigenvalue weighted by atomic mass is 15.3. The predicted octanol–water partition coefficient (Wildman–Crippen LogP) is 1.47. The molecule has 0 aliphatic carbocycles. The highest BCUT2D eigenvalue weighted by Crippen LogP contribution is 2.14. The second-order valence-electron chi connectivity index (χ2n) is 6.05. The minimum atomic E-state index is 0.535. The molecule has 1 N–H and O–H groups in total. The Morgan fingerprint density at radius 3 is 2.55 bits per heavy atom. The zero-order chi connectivity index (χ0) is 14.5. The topological polar surface area (TPSA) is 44.3 Å². The van der Waals surface area contributed by atoms with Gasteiger partial charge in [-0.3, -0.25) is 4.90 Å². The van der Waals surface area contributed by atoms with Crippen LogP contribution in [0.3, 0.4) is 0 Å². The van der Waals surface area contributed by atoms with E-state index in [1.165, 1.54) is 0 Å². The minimum absolute atomic E-state index is 0.535. The molecule has 0 saturated carbocycles. The van der Waals surface area contributed by atoms with Crippen molar-refractivity contribution in [3.63, 3.8) is 0 Å². The third kappa shape index (κ3) is 4.15. The van der Waals surface area contributed by atoms with Crippen LogP contribution in [0.25, 0.3) is 0 Å². The van der Waals surface area contributed by atoms with Crippen molar-refractivity contribution in [1.82, 2.24) is 19.8 Å². The lowest BCUT2D eigenvalue weighted by atomic mass is 10.0. The molecule has 0 radical (unpaired) electrons. The average molecular weight is 277 g/mol. The van der Waals surface area contributed by atoms with Crippen molar-refractivity contribution in [2.75, 3.05) is 45.1 Å². The number of rotatable bonds is 5. The number of hydrogen-bond donors (Lipinski definition) is 1. The maximum absolute atomic E-state index is 4.41. The molecular formula is C15H27N5. The quantitative estimate of drug-likeness (QED) is 0.883. The molecule has 2 heterocycles. The first kappa shape index (κ1) is 15.2. The third-order valence-corrected chi connectivity index (χ3v) is 4.04. The molecule has 0 bridgehead atoms. The number of aryl methyl sites for hydroxylation is 1. The summed E-state index contributed by atoms with van der Waals surface area (Å²) in [6, 6.07) is 2.46. The van der Waals surface area contributed by atoms with Gasteiger partial charge in [-0.05, 0) is 26.0 Å². The summed E-state index contributed by atoms with van der Waals surface area (Å²) in [6.07, 6.45) is 1.81. The number of piperazine rings is 1. The summed E-state index contributed by atoms with van der Waals surface area (Å²) in [5, 5.41) is 3.40. The smallest absolute Gasteiger partial charge is 0.222 e.